The van der Waals surface area contributed by atoms with Crippen molar-refractivity contribution in [2.24, 2.45) is 5.92 Å². The summed E-state index contributed by atoms with van der Waals surface area (Å²) < 4.78 is 0. The largest absolute Gasteiger partial charge is 0.342 e. The van der Waals surface area contributed by atoms with Gasteiger partial charge >= 0.3 is 0 Å². The Morgan fingerprint density at radius 1 is 1.19 bits per heavy atom. The van der Waals surface area contributed by atoms with E-state index in [0.29, 0.717) is 12.3 Å². The van der Waals surface area contributed by atoms with Crippen molar-refractivity contribution in [2.75, 3.05) is 6.54 Å². The fraction of sp³-hybridized carbons (Fsp3) is 0.529. The molecular formula is C17H22N2O2. The molecule has 21 heavy (non-hydrogen) atoms. The van der Waals surface area contributed by atoms with Gasteiger partial charge in [-0.15, -0.1) is 0 Å². The van der Waals surface area contributed by atoms with Gasteiger partial charge in [0.2, 0.25) is 11.8 Å². The third-order valence-corrected chi connectivity index (χ3v) is 4.76. The zero-order chi connectivity index (χ0) is 15.0. The topological polar surface area (TPSA) is 49.4 Å². The molecule has 1 aromatic rings. The lowest BCUT2D eigenvalue weighted by Gasteiger charge is -2.43. The molecule has 2 fully saturated rings. The molecule has 0 bridgehead atoms. The van der Waals surface area contributed by atoms with Crippen molar-refractivity contribution in [2.45, 2.75) is 44.7 Å². The van der Waals surface area contributed by atoms with E-state index in [1.54, 1.807) is 4.90 Å². The molecule has 4 heteroatoms. The van der Waals surface area contributed by atoms with Crippen LogP contribution in [-0.4, -0.2) is 34.8 Å². The molecule has 2 amide bonds. The molecule has 1 heterocycles. The van der Waals surface area contributed by atoms with Gasteiger partial charge in [-0.3, -0.25) is 9.59 Å². The fourth-order valence-electron chi connectivity index (χ4n) is 3.20. The van der Waals surface area contributed by atoms with Crippen molar-refractivity contribution in [3.05, 3.63) is 35.9 Å². The summed E-state index contributed by atoms with van der Waals surface area (Å²) >= 11 is 0. The number of hydrogen-bond donors (Lipinski definition) is 1. The highest BCUT2D eigenvalue weighted by molar-refractivity contribution is 5.95. The van der Waals surface area contributed by atoms with Crippen molar-refractivity contribution in [1.82, 2.24) is 10.2 Å². The molecule has 112 valence electrons. The minimum atomic E-state index is -0.438. The predicted molar refractivity (Wildman–Crippen MR) is 80.6 cm³/mol. The van der Waals surface area contributed by atoms with E-state index < -0.39 is 6.04 Å². The Kier molecular flexibility index (Phi) is 3.47. The van der Waals surface area contributed by atoms with E-state index >= 15 is 0 Å². The summed E-state index contributed by atoms with van der Waals surface area (Å²) in [4.78, 5) is 26.6. The Hall–Kier alpha value is -1.84. The van der Waals surface area contributed by atoms with Crippen molar-refractivity contribution in [3.8, 4) is 0 Å². The first kappa shape index (κ1) is 14.1. The molecule has 0 spiro atoms. The standard InChI is InChI=1S/C17H22N2O2/c1-17(2,13-8-9-13)19-11-15(20)18-14(16(19)21)10-12-6-4-3-5-7-12/h3-7,13-14H,8-11H2,1-2H3,(H,18,20). The van der Waals surface area contributed by atoms with E-state index in [2.05, 4.69) is 19.2 Å². The smallest absolute Gasteiger partial charge is 0.246 e. The summed E-state index contributed by atoms with van der Waals surface area (Å²) in [5.74, 6) is 0.532. The third-order valence-electron chi connectivity index (χ3n) is 4.76. The molecule has 0 aromatic heterocycles. The van der Waals surface area contributed by atoms with Crippen LogP contribution in [-0.2, 0) is 16.0 Å². The first-order valence-corrected chi connectivity index (χ1v) is 7.63. The van der Waals surface area contributed by atoms with Crippen LogP contribution in [0, 0.1) is 5.92 Å². The van der Waals surface area contributed by atoms with Crippen LogP contribution in [0.25, 0.3) is 0 Å². The molecule has 3 rings (SSSR count). The second-order valence-corrected chi connectivity index (χ2v) is 6.66. The second-order valence-electron chi connectivity index (χ2n) is 6.66. The van der Waals surface area contributed by atoms with Gasteiger partial charge in [0, 0.05) is 12.0 Å². The monoisotopic (exact) mass is 286 g/mol. The minimum Gasteiger partial charge on any atom is -0.342 e. The van der Waals surface area contributed by atoms with E-state index in [0.717, 1.165) is 18.4 Å². The van der Waals surface area contributed by atoms with E-state index in [-0.39, 0.29) is 23.9 Å². The van der Waals surface area contributed by atoms with Crippen LogP contribution in [0.5, 0.6) is 0 Å². The molecule has 1 saturated carbocycles. The van der Waals surface area contributed by atoms with Gasteiger partial charge in [-0.05, 0) is 38.2 Å². The Morgan fingerprint density at radius 2 is 1.86 bits per heavy atom. The molecule has 1 aromatic carbocycles. The lowest BCUT2D eigenvalue weighted by Crippen LogP contribution is -2.64. The van der Waals surface area contributed by atoms with Gasteiger partial charge in [-0.25, -0.2) is 0 Å². The third kappa shape index (κ3) is 2.80. The molecule has 1 saturated heterocycles. The van der Waals surface area contributed by atoms with Crippen LogP contribution in [0.2, 0.25) is 0 Å². The summed E-state index contributed by atoms with van der Waals surface area (Å²) in [6.07, 6.45) is 2.87. The molecule has 4 nitrogen and oxygen atoms in total. The number of piperazine rings is 1. The Bertz CT molecular complexity index is 549. The average Bonchev–Trinajstić information content (AvgIpc) is 3.28. The number of carbonyl (C=O) groups excluding carboxylic acids is 2. The van der Waals surface area contributed by atoms with Gasteiger partial charge in [-0.2, -0.15) is 0 Å². The Labute approximate surface area is 125 Å². The van der Waals surface area contributed by atoms with E-state index in [9.17, 15) is 9.59 Å². The number of benzene rings is 1. The van der Waals surface area contributed by atoms with Crippen molar-refractivity contribution in [3.63, 3.8) is 0 Å². The van der Waals surface area contributed by atoms with Crippen LogP contribution in [0.1, 0.15) is 32.3 Å². The minimum absolute atomic E-state index is 0.0513. The molecular weight excluding hydrogens is 264 g/mol. The van der Waals surface area contributed by atoms with Gasteiger partial charge in [0.25, 0.3) is 0 Å². The number of carbonyl (C=O) groups is 2. The highest BCUT2D eigenvalue weighted by Gasteiger charge is 2.47. The number of nitrogens with one attached hydrogen (secondary N) is 1. The average molecular weight is 286 g/mol. The molecule has 1 atom stereocenters. The highest BCUT2D eigenvalue weighted by Crippen LogP contribution is 2.43. The van der Waals surface area contributed by atoms with Crippen molar-refractivity contribution >= 4 is 11.8 Å². The van der Waals surface area contributed by atoms with Gasteiger partial charge in [0.05, 0.1) is 0 Å². The maximum absolute atomic E-state index is 12.8. The summed E-state index contributed by atoms with van der Waals surface area (Å²) in [6, 6.07) is 9.40. The number of nitrogens with zero attached hydrogens (tertiary/aromatic N) is 1. The van der Waals surface area contributed by atoms with Crippen molar-refractivity contribution in [1.29, 1.82) is 0 Å². The van der Waals surface area contributed by atoms with Gasteiger partial charge in [0.15, 0.2) is 0 Å². The first-order chi connectivity index (χ1) is 9.98. The summed E-state index contributed by atoms with van der Waals surface area (Å²) in [5, 5.41) is 2.85. The molecule has 1 aliphatic heterocycles. The Balaban J connectivity index is 1.78. The molecule has 0 radical (unpaired) electrons. The first-order valence-electron chi connectivity index (χ1n) is 7.63. The second kappa shape index (κ2) is 5.17. The van der Waals surface area contributed by atoms with Crippen LogP contribution >= 0.6 is 0 Å². The Morgan fingerprint density at radius 3 is 2.48 bits per heavy atom. The van der Waals surface area contributed by atoms with E-state index in [1.807, 2.05) is 30.3 Å². The quantitative estimate of drug-likeness (QED) is 0.916. The summed E-state index contributed by atoms with van der Waals surface area (Å²) in [5.41, 5.74) is 0.853. The van der Waals surface area contributed by atoms with Crippen molar-refractivity contribution < 1.29 is 9.59 Å². The number of amides is 2. The van der Waals surface area contributed by atoms with Gasteiger partial charge in [0.1, 0.15) is 12.6 Å². The molecule has 1 unspecified atom stereocenters. The predicted octanol–water partition coefficient (Wildman–Crippen LogP) is 1.74. The maximum atomic E-state index is 12.8. The lowest BCUT2D eigenvalue weighted by molar-refractivity contribution is -0.150. The van der Waals surface area contributed by atoms with Gasteiger partial charge < -0.3 is 10.2 Å². The van der Waals surface area contributed by atoms with Crippen LogP contribution in [0.3, 0.4) is 0 Å². The lowest BCUT2D eigenvalue weighted by atomic mass is 9.92. The number of rotatable bonds is 4. The summed E-state index contributed by atoms with van der Waals surface area (Å²) in [7, 11) is 0. The SMILES string of the molecule is CC(C)(C1CC1)N1CC(=O)NC(Cc2ccccc2)C1=O. The highest BCUT2D eigenvalue weighted by atomic mass is 16.2. The molecule has 2 aliphatic rings. The molecule has 1 aliphatic carbocycles. The van der Waals surface area contributed by atoms with Crippen LogP contribution < -0.4 is 5.32 Å². The van der Waals surface area contributed by atoms with E-state index in [4.69, 9.17) is 0 Å². The van der Waals surface area contributed by atoms with Gasteiger partial charge in [-0.1, -0.05) is 30.3 Å². The fourth-order valence-corrected chi connectivity index (χ4v) is 3.20. The van der Waals surface area contributed by atoms with Crippen LogP contribution in [0.15, 0.2) is 30.3 Å². The zero-order valence-corrected chi connectivity index (χ0v) is 12.6. The zero-order valence-electron chi connectivity index (χ0n) is 12.6. The molecule has 1 N–H and O–H groups in total. The summed E-state index contributed by atoms with van der Waals surface area (Å²) in [6.45, 7) is 4.36. The van der Waals surface area contributed by atoms with E-state index in [1.165, 1.54) is 0 Å². The van der Waals surface area contributed by atoms with Crippen LogP contribution in [0.4, 0.5) is 0 Å². The maximum Gasteiger partial charge on any atom is 0.246 e. The number of hydrogen-bond acceptors (Lipinski definition) is 2. The normalized spacial score (nSPS) is 23.1.